The summed E-state index contributed by atoms with van der Waals surface area (Å²) in [6.45, 7) is 6.73. The van der Waals surface area contributed by atoms with Crippen LogP contribution in [0.3, 0.4) is 0 Å². The molecule has 5 aromatic rings. The van der Waals surface area contributed by atoms with Gasteiger partial charge in [-0.25, -0.2) is 9.98 Å². The van der Waals surface area contributed by atoms with E-state index in [0.29, 0.717) is 29.2 Å². The van der Waals surface area contributed by atoms with E-state index >= 15 is 0 Å². The Bertz CT molecular complexity index is 2050. The van der Waals surface area contributed by atoms with E-state index in [1.54, 1.807) is 6.20 Å². The second-order valence-corrected chi connectivity index (χ2v) is 12.5. The molecule has 1 saturated carbocycles. The number of fused-ring (bicyclic) bond motifs is 8. The molecule has 0 amide bonds. The highest BCUT2D eigenvalue weighted by molar-refractivity contribution is 6.10. The first-order chi connectivity index (χ1) is 20.5. The standard InChI is InChI=1S/C36H30N4O2/c1-20-16-27-29(40-33-24(25-11-7-14-38-34(25)40)10-6-12-26(33)36(27,2)3)19-30(20)41-22-13-15-37-28(18-22)35-39-32-23-9-5-4-8-21(23)17-31(32)42-35/h4-16,18-19,21,23,31-32H,17H2,1-3H3/t21?,23?,31-,32+/m0/s1. The number of hydrogen-bond acceptors (Lipinski definition) is 5. The van der Waals surface area contributed by atoms with Crippen LogP contribution in [0, 0.1) is 18.8 Å². The first-order valence-electron chi connectivity index (χ1n) is 14.8. The Balaban J connectivity index is 1.12. The largest absolute Gasteiger partial charge is 0.471 e. The maximum Gasteiger partial charge on any atom is 0.236 e. The van der Waals surface area contributed by atoms with Crippen molar-refractivity contribution in [2.75, 3.05) is 0 Å². The minimum Gasteiger partial charge on any atom is -0.471 e. The van der Waals surface area contributed by atoms with E-state index in [2.05, 4.69) is 91.0 Å². The highest BCUT2D eigenvalue weighted by Crippen LogP contribution is 2.49. The summed E-state index contributed by atoms with van der Waals surface area (Å²) in [7, 11) is 0. The number of allylic oxidation sites excluding steroid dienone is 3. The van der Waals surface area contributed by atoms with Crippen molar-refractivity contribution in [3.8, 4) is 17.2 Å². The molecular formula is C36H30N4O2. The average Bonchev–Trinajstić information content (AvgIpc) is 3.67. The Hall–Kier alpha value is -4.71. The molecule has 2 aliphatic carbocycles. The van der Waals surface area contributed by atoms with E-state index in [9.17, 15) is 0 Å². The Morgan fingerprint density at radius 1 is 0.929 bits per heavy atom. The van der Waals surface area contributed by atoms with Gasteiger partial charge in [0, 0.05) is 46.6 Å². The number of benzene rings is 2. The van der Waals surface area contributed by atoms with Crippen LogP contribution in [-0.2, 0) is 10.2 Å². The number of hydrogen-bond donors (Lipinski definition) is 0. The first-order valence-corrected chi connectivity index (χ1v) is 14.8. The second-order valence-electron chi connectivity index (χ2n) is 12.5. The average molecular weight is 551 g/mol. The van der Waals surface area contributed by atoms with E-state index in [4.69, 9.17) is 19.5 Å². The van der Waals surface area contributed by atoms with Gasteiger partial charge < -0.3 is 9.47 Å². The molecule has 4 aliphatic rings. The molecule has 0 saturated heterocycles. The number of pyridine rings is 2. The van der Waals surface area contributed by atoms with E-state index in [1.807, 2.05) is 24.4 Å². The summed E-state index contributed by atoms with van der Waals surface area (Å²) in [6.07, 6.45) is 13.6. The molecule has 0 bridgehead atoms. The van der Waals surface area contributed by atoms with Crippen LogP contribution in [0.4, 0.5) is 0 Å². The summed E-state index contributed by atoms with van der Waals surface area (Å²) in [4.78, 5) is 14.4. The number of aromatic nitrogens is 3. The summed E-state index contributed by atoms with van der Waals surface area (Å²) in [5.74, 6) is 3.04. The molecule has 6 heteroatoms. The van der Waals surface area contributed by atoms with E-state index in [1.165, 1.54) is 22.0 Å². The highest BCUT2D eigenvalue weighted by atomic mass is 16.5. The van der Waals surface area contributed by atoms with E-state index < -0.39 is 0 Å². The molecule has 0 N–H and O–H groups in total. The summed E-state index contributed by atoms with van der Waals surface area (Å²) in [5, 5.41) is 2.39. The first kappa shape index (κ1) is 23.9. The molecule has 4 atom stereocenters. The van der Waals surface area contributed by atoms with Gasteiger partial charge in [0.25, 0.3) is 0 Å². The normalized spacial score (nSPS) is 24.3. The van der Waals surface area contributed by atoms with Crippen LogP contribution in [0.5, 0.6) is 11.5 Å². The molecular weight excluding hydrogens is 520 g/mol. The van der Waals surface area contributed by atoms with Gasteiger partial charge >= 0.3 is 0 Å². The highest BCUT2D eigenvalue weighted by Gasteiger charge is 2.47. The molecule has 0 radical (unpaired) electrons. The smallest absolute Gasteiger partial charge is 0.236 e. The van der Waals surface area contributed by atoms with Gasteiger partial charge in [-0.3, -0.25) is 9.55 Å². The van der Waals surface area contributed by atoms with Crippen molar-refractivity contribution < 1.29 is 9.47 Å². The van der Waals surface area contributed by atoms with Gasteiger partial charge in [-0.15, -0.1) is 0 Å². The van der Waals surface area contributed by atoms with Crippen LogP contribution >= 0.6 is 0 Å². The van der Waals surface area contributed by atoms with Crippen LogP contribution in [0.1, 0.15) is 42.7 Å². The molecule has 2 unspecified atom stereocenters. The Morgan fingerprint density at radius 3 is 2.74 bits per heavy atom. The second kappa shape index (κ2) is 8.41. The van der Waals surface area contributed by atoms with Crippen molar-refractivity contribution >= 4 is 27.8 Å². The topological polar surface area (TPSA) is 61.5 Å². The molecule has 2 aliphatic heterocycles. The monoisotopic (exact) mass is 550 g/mol. The zero-order valence-electron chi connectivity index (χ0n) is 23.8. The maximum absolute atomic E-state index is 6.59. The van der Waals surface area contributed by atoms with Gasteiger partial charge in [0.15, 0.2) is 0 Å². The number of ether oxygens (including phenoxy) is 2. The van der Waals surface area contributed by atoms with Gasteiger partial charge in [0.1, 0.15) is 28.9 Å². The molecule has 5 heterocycles. The van der Waals surface area contributed by atoms with Gasteiger partial charge in [-0.1, -0.05) is 56.4 Å². The van der Waals surface area contributed by atoms with Crippen LogP contribution in [0.15, 0.2) is 96.3 Å². The molecule has 206 valence electrons. The summed E-state index contributed by atoms with van der Waals surface area (Å²) < 4.78 is 15.2. The molecule has 42 heavy (non-hydrogen) atoms. The molecule has 9 rings (SSSR count). The van der Waals surface area contributed by atoms with Crippen molar-refractivity contribution in [2.24, 2.45) is 16.8 Å². The summed E-state index contributed by atoms with van der Waals surface area (Å²) in [6, 6.07) is 19.2. The molecule has 2 aromatic carbocycles. The van der Waals surface area contributed by atoms with Gasteiger partial charge in [0.05, 0.1) is 17.2 Å². The Kier molecular flexibility index (Phi) is 4.80. The SMILES string of the molecule is Cc1cc2c(cc1Oc1ccnc(C3=N[C@@H]4C5C=CC=CC5C[C@@H]4O3)c1)-n1c3ncccc3c3cccc(c31)C2(C)C. The number of nitrogens with zero attached hydrogens (tertiary/aromatic N) is 4. The van der Waals surface area contributed by atoms with E-state index in [-0.39, 0.29) is 17.6 Å². The number of rotatable bonds is 3. The molecule has 6 nitrogen and oxygen atoms in total. The lowest BCUT2D eigenvalue weighted by molar-refractivity contribution is 0.206. The number of aliphatic imine (C=N–C) groups is 1. The van der Waals surface area contributed by atoms with Crippen LogP contribution in [-0.4, -0.2) is 32.6 Å². The third-order valence-electron chi connectivity index (χ3n) is 9.71. The molecule has 1 fully saturated rings. The zero-order valence-corrected chi connectivity index (χ0v) is 23.8. The zero-order chi connectivity index (χ0) is 28.2. The fourth-order valence-electron chi connectivity index (χ4n) is 7.62. The molecule has 3 aromatic heterocycles. The summed E-state index contributed by atoms with van der Waals surface area (Å²) in [5.41, 5.74) is 7.47. The minimum absolute atomic E-state index is 0.102. The fourth-order valence-corrected chi connectivity index (χ4v) is 7.62. The Labute approximate surface area is 244 Å². The third-order valence-corrected chi connectivity index (χ3v) is 9.71. The van der Waals surface area contributed by atoms with Gasteiger partial charge in [-0.2, -0.15) is 0 Å². The summed E-state index contributed by atoms with van der Waals surface area (Å²) >= 11 is 0. The Morgan fingerprint density at radius 2 is 1.81 bits per heavy atom. The quantitative estimate of drug-likeness (QED) is 0.232. The number of aryl methyl sites for hydroxylation is 1. The van der Waals surface area contributed by atoms with Crippen molar-refractivity contribution in [3.63, 3.8) is 0 Å². The predicted octanol–water partition coefficient (Wildman–Crippen LogP) is 7.59. The molecule has 0 spiro atoms. The van der Waals surface area contributed by atoms with Crippen molar-refractivity contribution in [3.05, 3.63) is 114 Å². The maximum atomic E-state index is 6.59. The van der Waals surface area contributed by atoms with Crippen molar-refractivity contribution in [2.45, 2.75) is 44.8 Å². The van der Waals surface area contributed by atoms with Crippen molar-refractivity contribution in [1.82, 2.24) is 14.5 Å². The lowest BCUT2D eigenvalue weighted by Gasteiger charge is -2.35. The van der Waals surface area contributed by atoms with Gasteiger partial charge in [0.2, 0.25) is 5.90 Å². The fraction of sp³-hybridized carbons (Fsp3) is 0.250. The van der Waals surface area contributed by atoms with Crippen LogP contribution in [0.2, 0.25) is 0 Å². The van der Waals surface area contributed by atoms with Crippen LogP contribution in [0.25, 0.3) is 27.6 Å². The van der Waals surface area contributed by atoms with Crippen LogP contribution < -0.4 is 4.74 Å². The van der Waals surface area contributed by atoms with Crippen molar-refractivity contribution in [1.29, 1.82) is 0 Å². The third kappa shape index (κ3) is 3.23. The van der Waals surface area contributed by atoms with Gasteiger partial charge in [-0.05, 0) is 60.2 Å². The van der Waals surface area contributed by atoms with E-state index in [0.717, 1.165) is 34.5 Å². The lowest BCUT2D eigenvalue weighted by atomic mass is 9.74. The minimum atomic E-state index is -0.176. The lowest BCUT2D eigenvalue weighted by Crippen LogP contribution is -2.26. The predicted molar refractivity (Wildman–Crippen MR) is 165 cm³/mol. The number of para-hydroxylation sites is 1.